The number of nitrogens with one attached hydrogen (secondary N) is 2. The molecule has 0 aliphatic heterocycles. The number of hydrogen-bond donors (Lipinski definition) is 2. The Kier molecular flexibility index (Phi) is 5.91. The van der Waals surface area contributed by atoms with Gasteiger partial charge in [0.05, 0.1) is 10.7 Å². The van der Waals surface area contributed by atoms with Gasteiger partial charge in [-0.3, -0.25) is 4.72 Å². The van der Waals surface area contributed by atoms with Gasteiger partial charge in [0.2, 0.25) is 0 Å². The molecule has 170 valence electrons. The van der Waals surface area contributed by atoms with Crippen molar-refractivity contribution < 1.29 is 21.6 Å². The predicted octanol–water partition coefficient (Wildman–Crippen LogP) is 4.51. The highest BCUT2D eigenvalue weighted by Gasteiger charge is 2.59. The van der Waals surface area contributed by atoms with E-state index in [2.05, 4.69) is 15.0 Å². The Hall–Kier alpha value is -1.56. The van der Waals surface area contributed by atoms with Gasteiger partial charge >= 0.3 is 0 Å². The summed E-state index contributed by atoms with van der Waals surface area (Å²) in [6.45, 7) is 0. The first-order valence-corrected chi connectivity index (χ1v) is 12.4. The van der Waals surface area contributed by atoms with E-state index >= 15 is 0 Å². The average molecular weight is 495 g/mol. The number of thiazole rings is 1. The number of rotatable bonds is 6. The van der Waals surface area contributed by atoms with Crippen LogP contribution in [-0.4, -0.2) is 50.4 Å². The quantitative estimate of drug-likeness (QED) is 0.618. The summed E-state index contributed by atoms with van der Waals surface area (Å²) in [6, 6.07) is 1.60. The molecule has 0 radical (unpaired) electrons. The molecule has 0 unspecified atom stereocenters. The number of fused-ring (bicyclic) bond motifs is 1. The molecule has 31 heavy (non-hydrogen) atoms. The van der Waals surface area contributed by atoms with Crippen molar-refractivity contribution in [2.45, 2.75) is 42.2 Å². The molecule has 2 fully saturated rings. The summed E-state index contributed by atoms with van der Waals surface area (Å²) >= 11 is 7.33. The van der Waals surface area contributed by atoms with Crippen LogP contribution >= 0.6 is 22.9 Å². The normalized spacial score (nSPS) is 27.5. The van der Waals surface area contributed by atoms with E-state index < -0.39 is 32.6 Å². The molecule has 0 spiro atoms. The van der Waals surface area contributed by atoms with E-state index in [0.717, 1.165) is 23.5 Å². The van der Waals surface area contributed by atoms with Crippen LogP contribution in [0.25, 0.3) is 0 Å². The smallest absolute Gasteiger partial charge is 0.266 e. The highest BCUT2D eigenvalue weighted by atomic mass is 35.5. The molecule has 1 aromatic heterocycles. The van der Waals surface area contributed by atoms with Gasteiger partial charge < -0.3 is 10.2 Å². The van der Waals surface area contributed by atoms with Gasteiger partial charge in [-0.25, -0.2) is 26.6 Å². The monoisotopic (exact) mass is 494 g/mol. The number of alkyl halides is 2. The van der Waals surface area contributed by atoms with Crippen LogP contribution in [0, 0.1) is 17.7 Å². The summed E-state index contributed by atoms with van der Waals surface area (Å²) < 4.78 is 70.0. The molecule has 0 bridgehead atoms. The van der Waals surface area contributed by atoms with Crippen LogP contribution < -0.4 is 10.0 Å². The highest BCUT2D eigenvalue weighted by Crippen LogP contribution is 2.55. The van der Waals surface area contributed by atoms with Crippen molar-refractivity contribution in [3.05, 3.63) is 34.5 Å². The molecule has 1 aromatic carbocycles. The Morgan fingerprint density at radius 1 is 1.29 bits per heavy atom. The van der Waals surface area contributed by atoms with Gasteiger partial charge in [0.25, 0.3) is 15.9 Å². The number of benzene rings is 1. The van der Waals surface area contributed by atoms with Crippen molar-refractivity contribution in [2.75, 3.05) is 24.1 Å². The lowest BCUT2D eigenvalue weighted by Crippen LogP contribution is -2.59. The minimum Gasteiger partial charge on any atom is -0.379 e. The van der Waals surface area contributed by atoms with Gasteiger partial charge in [0.15, 0.2) is 5.13 Å². The molecule has 2 aliphatic rings. The highest BCUT2D eigenvalue weighted by molar-refractivity contribution is 7.93. The summed E-state index contributed by atoms with van der Waals surface area (Å²) in [5.41, 5.74) is 0.172. The van der Waals surface area contributed by atoms with E-state index in [-0.39, 0.29) is 46.7 Å². The van der Waals surface area contributed by atoms with Crippen molar-refractivity contribution in [3.8, 4) is 0 Å². The Morgan fingerprint density at radius 3 is 2.65 bits per heavy atom. The topological polar surface area (TPSA) is 74.3 Å². The zero-order valence-corrected chi connectivity index (χ0v) is 19.2. The van der Waals surface area contributed by atoms with Crippen molar-refractivity contribution >= 4 is 43.8 Å². The first-order chi connectivity index (χ1) is 14.5. The zero-order chi connectivity index (χ0) is 22.6. The minimum absolute atomic E-state index is 0.0130. The van der Waals surface area contributed by atoms with Crippen LogP contribution in [-0.2, 0) is 10.0 Å². The van der Waals surface area contributed by atoms with Crippen molar-refractivity contribution in [1.82, 2.24) is 9.88 Å². The number of sulfonamides is 1. The third kappa shape index (κ3) is 4.37. The molecule has 4 rings (SSSR count). The second-order valence-corrected chi connectivity index (χ2v) is 11.2. The summed E-state index contributed by atoms with van der Waals surface area (Å²) in [5.74, 6) is -4.43. The fourth-order valence-corrected chi connectivity index (χ4v) is 6.72. The second-order valence-electron chi connectivity index (χ2n) is 8.29. The van der Waals surface area contributed by atoms with Crippen molar-refractivity contribution in [1.29, 1.82) is 0 Å². The molecular formula is C19H22ClF3N4O2S2. The fourth-order valence-electron chi connectivity index (χ4n) is 4.56. The predicted molar refractivity (Wildman–Crippen MR) is 115 cm³/mol. The van der Waals surface area contributed by atoms with E-state index in [9.17, 15) is 21.6 Å². The minimum atomic E-state index is -4.23. The van der Waals surface area contributed by atoms with Gasteiger partial charge in [-0.2, -0.15) is 0 Å². The summed E-state index contributed by atoms with van der Waals surface area (Å²) in [4.78, 5) is 5.17. The van der Waals surface area contributed by atoms with E-state index in [1.165, 1.54) is 6.20 Å². The van der Waals surface area contributed by atoms with Gasteiger partial charge in [-0.05, 0) is 45.0 Å². The third-order valence-electron chi connectivity index (χ3n) is 6.13. The maximum absolute atomic E-state index is 14.8. The van der Waals surface area contributed by atoms with Crippen LogP contribution in [0.4, 0.5) is 24.0 Å². The molecule has 0 saturated heterocycles. The van der Waals surface area contributed by atoms with Crippen LogP contribution in [0.15, 0.2) is 28.6 Å². The van der Waals surface area contributed by atoms with Gasteiger partial charge in [0.1, 0.15) is 10.7 Å². The molecule has 2 N–H and O–H groups in total. The molecule has 12 heteroatoms. The van der Waals surface area contributed by atoms with Crippen LogP contribution in [0.3, 0.4) is 0 Å². The lowest BCUT2D eigenvalue weighted by atomic mass is 9.60. The summed E-state index contributed by atoms with van der Waals surface area (Å²) in [7, 11) is -0.482. The van der Waals surface area contributed by atoms with E-state index in [1.54, 1.807) is 5.38 Å². The Morgan fingerprint density at radius 2 is 2.03 bits per heavy atom. The average Bonchev–Trinajstić information content (AvgIpc) is 3.16. The van der Waals surface area contributed by atoms with Gasteiger partial charge in [0, 0.05) is 36.0 Å². The lowest BCUT2D eigenvalue weighted by Gasteiger charge is -2.53. The molecule has 1 heterocycles. The van der Waals surface area contributed by atoms with Crippen molar-refractivity contribution in [2.24, 2.45) is 11.8 Å². The second kappa shape index (κ2) is 8.09. The number of halogens is 4. The first-order valence-electron chi connectivity index (χ1n) is 9.70. The lowest BCUT2D eigenvalue weighted by molar-refractivity contribution is -0.194. The standard InChI is InChI=1S/C19H22ClF3N4O2S2/c1-27(2)16-5-10-9-19(22,23)11(10)6-15(16)25-14-8-13(21)17(7-12(14)20)31(28,29)26-18-24-3-4-30-18/h3-4,7-8,10-11,15-16,25H,5-6,9H2,1-2H3,(H,24,26)/t10-,11-,15-,16-/m1/s1. The molecule has 2 saturated carbocycles. The van der Waals surface area contributed by atoms with E-state index in [4.69, 9.17) is 11.6 Å². The first kappa shape index (κ1) is 22.6. The largest absolute Gasteiger partial charge is 0.379 e. The van der Waals surface area contributed by atoms with Crippen LogP contribution in [0.2, 0.25) is 5.02 Å². The van der Waals surface area contributed by atoms with E-state index in [1.807, 2.05) is 19.0 Å². The molecule has 4 atom stereocenters. The number of nitrogens with zero attached hydrogens (tertiary/aromatic N) is 2. The van der Waals surface area contributed by atoms with Crippen molar-refractivity contribution in [3.63, 3.8) is 0 Å². The van der Waals surface area contributed by atoms with Crippen LogP contribution in [0.1, 0.15) is 19.3 Å². The SMILES string of the molecule is CN(C)[C@@H]1C[C@@H]2CC(F)(F)[C@@H]2C[C@H]1Nc1cc(F)c(S(=O)(=O)Nc2nccs2)cc1Cl. The molecule has 2 aliphatic carbocycles. The van der Waals surface area contributed by atoms with E-state index in [0.29, 0.717) is 6.42 Å². The number of likely N-dealkylation sites (N-methyl/N-ethyl adjacent to an activating group) is 1. The van der Waals surface area contributed by atoms with Gasteiger partial charge in [-0.1, -0.05) is 11.6 Å². The fraction of sp³-hybridized carbons (Fsp3) is 0.526. The number of aromatic nitrogens is 1. The summed E-state index contributed by atoms with van der Waals surface area (Å²) in [6.07, 6.45) is 2.16. The molecule has 6 nitrogen and oxygen atoms in total. The zero-order valence-electron chi connectivity index (χ0n) is 16.8. The number of hydrogen-bond acceptors (Lipinski definition) is 6. The summed E-state index contributed by atoms with van der Waals surface area (Å²) in [5, 5.41) is 4.76. The van der Waals surface area contributed by atoms with Gasteiger partial charge in [-0.15, -0.1) is 11.3 Å². The molecular weight excluding hydrogens is 473 g/mol. The Labute approximate surface area is 187 Å². The third-order valence-corrected chi connectivity index (χ3v) is 8.62. The maximum atomic E-state index is 14.8. The Bertz CT molecular complexity index is 1070. The maximum Gasteiger partial charge on any atom is 0.266 e. The Balaban J connectivity index is 1.58. The molecule has 2 aromatic rings. The molecule has 0 amide bonds. The van der Waals surface area contributed by atoms with Crippen LogP contribution in [0.5, 0.6) is 0 Å². The number of anilines is 2.